The molecule has 0 radical (unpaired) electrons. The van der Waals surface area contributed by atoms with Gasteiger partial charge < -0.3 is 16.4 Å². The molecule has 0 bridgehead atoms. The Morgan fingerprint density at radius 3 is 2.35 bits per heavy atom. The number of benzene rings is 2. The lowest BCUT2D eigenvalue weighted by atomic mass is 10.1. The molecule has 6 nitrogen and oxygen atoms in total. The zero-order valence-corrected chi connectivity index (χ0v) is 15.2. The van der Waals surface area contributed by atoms with Crippen LogP contribution in [0.3, 0.4) is 0 Å². The standard InChI is InChI=1S/C18H14Cl2N4O2/c1-9-8-22-16-10(15(9)24-18(21)26)4-2-7-13(16)23-17(25)14-11(19)5-3-6-12(14)20/h2-8H,1H3,(H,23,25)(H3,21,22,24,26). The number of primary amides is 1. The van der Waals surface area contributed by atoms with Crippen LogP contribution in [-0.4, -0.2) is 16.9 Å². The maximum Gasteiger partial charge on any atom is 0.316 e. The first-order valence-corrected chi connectivity index (χ1v) is 8.34. The predicted molar refractivity (Wildman–Crippen MR) is 104 cm³/mol. The molecular formula is C18H14Cl2N4O2. The van der Waals surface area contributed by atoms with E-state index in [0.29, 0.717) is 22.3 Å². The number of anilines is 2. The molecule has 26 heavy (non-hydrogen) atoms. The summed E-state index contributed by atoms with van der Waals surface area (Å²) in [6, 6.07) is 9.35. The number of nitrogens with one attached hydrogen (secondary N) is 2. The van der Waals surface area contributed by atoms with E-state index < -0.39 is 11.9 Å². The Bertz CT molecular complexity index is 1020. The highest BCUT2D eigenvalue weighted by Gasteiger charge is 2.17. The van der Waals surface area contributed by atoms with Crippen LogP contribution in [0, 0.1) is 6.92 Å². The summed E-state index contributed by atoms with van der Waals surface area (Å²) in [6.07, 6.45) is 1.59. The van der Waals surface area contributed by atoms with Gasteiger partial charge in [0, 0.05) is 11.6 Å². The van der Waals surface area contributed by atoms with Gasteiger partial charge in [0.1, 0.15) is 0 Å². The number of carbonyl (C=O) groups excluding carboxylic acids is 2. The number of nitrogens with two attached hydrogens (primary N) is 1. The molecule has 0 saturated heterocycles. The topological polar surface area (TPSA) is 97.1 Å². The monoisotopic (exact) mass is 388 g/mol. The molecule has 0 fully saturated rings. The molecule has 3 aromatic rings. The number of hydrogen-bond donors (Lipinski definition) is 3. The zero-order valence-electron chi connectivity index (χ0n) is 13.6. The van der Waals surface area contributed by atoms with Crippen LogP contribution in [0.15, 0.2) is 42.6 Å². The van der Waals surface area contributed by atoms with E-state index in [1.54, 1.807) is 49.5 Å². The van der Waals surface area contributed by atoms with Gasteiger partial charge in [-0.1, -0.05) is 41.4 Å². The summed E-state index contributed by atoms with van der Waals surface area (Å²) in [4.78, 5) is 28.3. The molecule has 0 spiro atoms. The van der Waals surface area contributed by atoms with Crippen molar-refractivity contribution in [2.75, 3.05) is 10.6 Å². The fourth-order valence-corrected chi connectivity index (χ4v) is 3.18. The van der Waals surface area contributed by atoms with E-state index in [2.05, 4.69) is 15.6 Å². The summed E-state index contributed by atoms with van der Waals surface area (Å²) in [5.41, 5.74) is 7.65. The quantitative estimate of drug-likeness (QED) is 0.611. The van der Waals surface area contributed by atoms with Gasteiger partial charge in [-0.2, -0.15) is 0 Å². The van der Waals surface area contributed by atoms with Crippen molar-refractivity contribution in [3.8, 4) is 0 Å². The Morgan fingerprint density at radius 1 is 1.04 bits per heavy atom. The average molecular weight is 389 g/mol. The molecule has 2 aromatic carbocycles. The number of aryl methyl sites for hydroxylation is 1. The first-order valence-electron chi connectivity index (χ1n) is 7.58. The Labute approximate surface area is 159 Å². The van der Waals surface area contributed by atoms with E-state index in [-0.39, 0.29) is 15.6 Å². The molecule has 0 aliphatic rings. The van der Waals surface area contributed by atoms with Crippen LogP contribution < -0.4 is 16.4 Å². The van der Waals surface area contributed by atoms with E-state index >= 15 is 0 Å². The van der Waals surface area contributed by atoms with Gasteiger partial charge in [-0.3, -0.25) is 9.78 Å². The van der Waals surface area contributed by atoms with Crippen molar-refractivity contribution < 1.29 is 9.59 Å². The second kappa shape index (κ2) is 7.19. The number of para-hydroxylation sites is 1. The Morgan fingerprint density at radius 2 is 1.69 bits per heavy atom. The molecule has 4 N–H and O–H groups in total. The van der Waals surface area contributed by atoms with Gasteiger partial charge >= 0.3 is 6.03 Å². The average Bonchev–Trinajstić information content (AvgIpc) is 2.57. The van der Waals surface area contributed by atoms with Crippen molar-refractivity contribution >= 4 is 57.4 Å². The molecule has 3 rings (SSSR count). The van der Waals surface area contributed by atoms with Crippen molar-refractivity contribution in [2.45, 2.75) is 6.92 Å². The molecule has 0 unspecified atom stereocenters. The molecule has 0 atom stereocenters. The number of halogens is 2. The van der Waals surface area contributed by atoms with E-state index in [1.165, 1.54) is 0 Å². The smallest absolute Gasteiger partial charge is 0.316 e. The Hall–Kier alpha value is -2.83. The van der Waals surface area contributed by atoms with Gasteiger partial charge in [0.2, 0.25) is 0 Å². The van der Waals surface area contributed by atoms with Crippen molar-refractivity contribution in [1.82, 2.24) is 4.98 Å². The van der Waals surface area contributed by atoms with E-state index in [4.69, 9.17) is 28.9 Å². The molecule has 0 aliphatic heterocycles. The van der Waals surface area contributed by atoms with Gasteiger partial charge in [-0.05, 0) is 30.7 Å². The summed E-state index contributed by atoms with van der Waals surface area (Å²) in [6.45, 7) is 1.80. The molecule has 132 valence electrons. The Balaban J connectivity index is 2.06. The van der Waals surface area contributed by atoms with Crippen LogP contribution in [0.5, 0.6) is 0 Å². The van der Waals surface area contributed by atoms with Crippen molar-refractivity contribution in [3.05, 3.63) is 63.8 Å². The van der Waals surface area contributed by atoms with Gasteiger partial charge in [0.15, 0.2) is 0 Å². The third kappa shape index (κ3) is 3.42. The number of fused-ring (bicyclic) bond motifs is 1. The highest BCUT2D eigenvalue weighted by molar-refractivity contribution is 6.40. The lowest BCUT2D eigenvalue weighted by molar-refractivity contribution is 0.102. The number of carbonyl (C=O) groups is 2. The normalized spacial score (nSPS) is 10.6. The van der Waals surface area contributed by atoms with Crippen LogP contribution in [0.1, 0.15) is 15.9 Å². The fraction of sp³-hybridized carbons (Fsp3) is 0.0556. The molecule has 3 amide bonds. The van der Waals surface area contributed by atoms with Gasteiger partial charge in [-0.25, -0.2) is 4.79 Å². The largest absolute Gasteiger partial charge is 0.351 e. The number of hydrogen-bond acceptors (Lipinski definition) is 3. The lowest BCUT2D eigenvalue weighted by Crippen LogP contribution is -2.20. The summed E-state index contributed by atoms with van der Waals surface area (Å²) in [7, 11) is 0. The van der Waals surface area contributed by atoms with Crippen molar-refractivity contribution in [2.24, 2.45) is 5.73 Å². The SMILES string of the molecule is Cc1cnc2c(NC(=O)c3c(Cl)cccc3Cl)cccc2c1NC(N)=O. The van der Waals surface area contributed by atoms with Gasteiger partial charge in [0.25, 0.3) is 5.91 Å². The fourth-order valence-electron chi connectivity index (χ4n) is 2.61. The molecule has 8 heteroatoms. The number of rotatable bonds is 3. The van der Waals surface area contributed by atoms with Gasteiger partial charge in [-0.15, -0.1) is 0 Å². The number of urea groups is 1. The number of amides is 3. The van der Waals surface area contributed by atoms with Gasteiger partial charge in [0.05, 0.1) is 32.5 Å². The van der Waals surface area contributed by atoms with Crippen LogP contribution >= 0.6 is 23.2 Å². The lowest BCUT2D eigenvalue weighted by Gasteiger charge is -2.14. The third-order valence-electron chi connectivity index (χ3n) is 3.77. The maximum atomic E-state index is 12.6. The summed E-state index contributed by atoms with van der Waals surface area (Å²) in [5, 5.41) is 6.50. The van der Waals surface area contributed by atoms with Crippen LogP contribution in [0.2, 0.25) is 10.0 Å². The number of nitrogens with zero attached hydrogens (tertiary/aromatic N) is 1. The minimum atomic E-state index is -0.683. The second-order valence-corrected chi connectivity index (χ2v) is 6.37. The third-order valence-corrected chi connectivity index (χ3v) is 4.40. The zero-order chi connectivity index (χ0) is 18.8. The van der Waals surface area contributed by atoms with Crippen LogP contribution in [0.4, 0.5) is 16.2 Å². The first-order chi connectivity index (χ1) is 12.4. The van der Waals surface area contributed by atoms with Crippen molar-refractivity contribution in [1.29, 1.82) is 0 Å². The minimum absolute atomic E-state index is 0.176. The molecule has 0 aliphatic carbocycles. The number of pyridine rings is 1. The second-order valence-electron chi connectivity index (χ2n) is 5.56. The molecule has 0 saturated carbocycles. The van der Waals surface area contributed by atoms with Crippen LogP contribution in [0.25, 0.3) is 10.9 Å². The highest BCUT2D eigenvalue weighted by Crippen LogP contribution is 2.31. The van der Waals surface area contributed by atoms with E-state index in [9.17, 15) is 9.59 Å². The molecular weight excluding hydrogens is 375 g/mol. The minimum Gasteiger partial charge on any atom is -0.351 e. The van der Waals surface area contributed by atoms with Crippen molar-refractivity contribution in [3.63, 3.8) is 0 Å². The van der Waals surface area contributed by atoms with Crippen LogP contribution in [-0.2, 0) is 0 Å². The number of aromatic nitrogens is 1. The molecule has 1 aromatic heterocycles. The summed E-state index contributed by atoms with van der Waals surface area (Å²) >= 11 is 12.2. The van der Waals surface area contributed by atoms with E-state index in [1.807, 2.05) is 0 Å². The maximum absolute atomic E-state index is 12.6. The Kier molecular flexibility index (Phi) is 4.97. The first kappa shape index (κ1) is 18.0. The summed E-state index contributed by atoms with van der Waals surface area (Å²) in [5.74, 6) is -0.458. The van der Waals surface area contributed by atoms with E-state index in [0.717, 1.165) is 5.56 Å². The highest BCUT2D eigenvalue weighted by atomic mass is 35.5. The molecule has 1 heterocycles. The summed E-state index contributed by atoms with van der Waals surface area (Å²) < 4.78 is 0. The predicted octanol–water partition coefficient (Wildman–Crippen LogP) is 4.59.